The standard InChI is InChI=1S/C20H33NO3S2/c1-15(2)25-18-10-7-6-9-16(18)17(21-26(22)20(3,4)5)11-12-19-23-13-8-14-24-19/h6-7,9-10,15,17,19,21H,8,11-14H2,1-5H3/t17-,26?/m0/s1. The number of thioether (sulfide) groups is 1. The van der Waals surface area contributed by atoms with E-state index >= 15 is 0 Å². The second-order valence-electron chi connectivity index (χ2n) is 7.86. The largest absolute Gasteiger partial charge is 0.353 e. The Morgan fingerprint density at radius 2 is 1.88 bits per heavy atom. The molecule has 0 spiro atoms. The molecule has 1 fully saturated rings. The van der Waals surface area contributed by atoms with Gasteiger partial charge in [-0.05, 0) is 45.2 Å². The molecule has 1 aromatic rings. The Bertz CT molecular complexity index is 581. The van der Waals surface area contributed by atoms with Crippen molar-refractivity contribution in [1.29, 1.82) is 0 Å². The summed E-state index contributed by atoms with van der Waals surface area (Å²) in [4.78, 5) is 1.25. The molecule has 148 valence electrons. The van der Waals surface area contributed by atoms with E-state index in [0.717, 1.165) is 32.5 Å². The van der Waals surface area contributed by atoms with Crippen LogP contribution in [0.15, 0.2) is 29.2 Å². The van der Waals surface area contributed by atoms with Gasteiger partial charge < -0.3 is 9.47 Å². The highest BCUT2D eigenvalue weighted by atomic mass is 32.2. The lowest BCUT2D eigenvalue weighted by molar-refractivity contribution is -0.182. The van der Waals surface area contributed by atoms with E-state index in [1.807, 2.05) is 32.5 Å². The molecule has 1 unspecified atom stereocenters. The van der Waals surface area contributed by atoms with Gasteiger partial charge in [0.1, 0.15) is 0 Å². The fourth-order valence-corrected chi connectivity index (χ4v) is 4.59. The summed E-state index contributed by atoms with van der Waals surface area (Å²) in [5.41, 5.74) is 1.21. The third-order valence-electron chi connectivity index (χ3n) is 4.05. The van der Waals surface area contributed by atoms with Crippen molar-refractivity contribution in [2.45, 2.75) is 81.1 Å². The van der Waals surface area contributed by atoms with E-state index in [9.17, 15) is 4.21 Å². The second-order valence-corrected chi connectivity index (χ2v) is 11.5. The van der Waals surface area contributed by atoms with Gasteiger partial charge in [-0.3, -0.25) is 0 Å². The van der Waals surface area contributed by atoms with Gasteiger partial charge in [0, 0.05) is 22.6 Å². The van der Waals surface area contributed by atoms with Gasteiger partial charge in [-0.2, -0.15) is 0 Å². The van der Waals surface area contributed by atoms with Crippen molar-refractivity contribution >= 4 is 22.7 Å². The minimum absolute atomic E-state index is 0.00614. The van der Waals surface area contributed by atoms with Crippen LogP contribution in [0.5, 0.6) is 0 Å². The van der Waals surface area contributed by atoms with Crippen molar-refractivity contribution in [2.24, 2.45) is 0 Å². The number of ether oxygens (including phenoxy) is 2. The summed E-state index contributed by atoms with van der Waals surface area (Å²) in [5.74, 6) is 0. The van der Waals surface area contributed by atoms with Crippen LogP contribution >= 0.6 is 11.8 Å². The Balaban J connectivity index is 2.17. The first-order chi connectivity index (χ1) is 12.3. The Morgan fingerprint density at radius 3 is 2.50 bits per heavy atom. The molecule has 1 aromatic carbocycles. The Labute approximate surface area is 165 Å². The minimum atomic E-state index is -1.14. The number of hydrogen-bond donors (Lipinski definition) is 1. The van der Waals surface area contributed by atoms with Crippen molar-refractivity contribution in [3.63, 3.8) is 0 Å². The van der Waals surface area contributed by atoms with Crippen LogP contribution < -0.4 is 4.72 Å². The lowest BCUT2D eigenvalue weighted by atomic mass is 10.0. The van der Waals surface area contributed by atoms with Crippen LogP contribution in [-0.2, 0) is 20.5 Å². The van der Waals surface area contributed by atoms with Gasteiger partial charge in [0.2, 0.25) is 0 Å². The van der Waals surface area contributed by atoms with Gasteiger partial charge in [-0.1, -0.05) is 32.0 Å². The van der Waals surface area contributed by atoms with E-state index in [2.05, 4.69) is 42.8 Å². The summed E-state index contributed by atoms with van der Waals surface area (Å²) in [6.07, 6.45) is 2.42. The Morgan fingerprint density at radius 1 is 1.23 bits per heavy atom. The van der Waals surface area contributed by atoms with Crippen LogP contribution in [0.4, 0.5) is 0 Å². The summed E-state index contributed by atoms with van der Waals surface area (Å²) in [6.45, 7) is 11.9. The monoisotopic (exact) mass is 399 g/mol. The quantitative estimate of drug-likeness (QED) is 0.637. The minimum Gasteiger partial charge on any atom is -0.353 e. The smallest absolute Gasteiger partial charge is 0.157 e. The zero-order chi connectivity index (χ0) is 19.2. The van der Waals surface area contributed by atoms with E-state index < -0.39 is 11.0 Å². The zero-order valence-electron chi connectivity index (χ0n) is 16.6. The second kappa shape index (κ2) is 10.2. The third kappa shape index (κ3) is 6.97. The summed E-state index contributed by atoms with van der Waals surface area (Å²) in [5, 5.41) is 0.495. The molecule has 1 aliphatic heterocycles. The van der Waals surface area contributed by atoms with E-state index in [4.69, 9.17) is 9.47 Å². The summed E-state index contributed by atoms with van der Waals surface area (Å²) in [7, 11) is -1.14. The lowest BCUT2D eigenvalue weighted by Crippen LogP contribution is -2.36. The maximum absolute atomic E-state index is 12.8. The van der Waals surface area contributed by atoms with Crippen LogP contribution in [0, 0.1) is 0 Å². The van der Waals surface area contributed by atoms with Gasteiger partial charge in [-0.15, -0.1) is 11.8 Å². The predicted molar refractivity (Wildman–Crippen MR) is 111 cm³/mol. The van der Waals surface area contributed by atoms with Crippen molar-refractivity contribution in [2.75, 3.05) is 13.2 Å². The highest BCUT2D eigenvalue weighted by Crippen LogP contribution is 2.33. The zero-order valence-corrected chi connectivity index (χ0v) is 18.3. The third-order valence-corrected chi connectivity index (χ3v) is 6.76. The van der Waals surface area contributed by atoms with Crippen LogP contribution in [0.1, 0.15) is 65.5 Å². The van der Waals surface area contributed by atoms with Crippen LogP contribution in [0.25, 0.3) is 0 Å². The highest BCUT2D eigenvalue weighted by molar-refractivity contribution is 8.00. The predicted octanol–water partition coefficient (Wildman–Crippen LogP) is 4.82. The molecule has 0 bridgehead atoms. The first kappa shape index (κ1) is 21.9. The Kier molecular flexibility index (Phi) is 8.61. The molecule has 0 aromatic heterocycles. The average molecular weight is 400 g/mol. The maximum Gasteiger partial charge on any atom is 0.157 e. The van der Waals surface area contributed by atoms with Gasteiger partial charge in [0.05, 0.1) is 28.9 Å². The number of rotatable bonds is 8. The van der Waals surface area contributed by atoms with E-state index in [1.54, 1.807) is 0 Å². The van der Waals surface area contributed by atoms with Crippen LogP contribution in [0.3, 0.4) is 0 Å². The molecule has 1 saturated heterocycles. The fraction of sp³-hybridized carbons (Fsp3) is 0.700. The Hall–Kier alpha value is -0.400. The van der Waals surface area contributed by atoms with E-state index in [0.29, 0.717) is 5.25 Å². The van der Waals surface area contributed by atoms with E-state index in [1.165, 1.54) is 10.5 Å². The molecule has 0 amide bonds. The molecule has 1 heterocycles. The summed E-state index contributed by atoms with van der Waals surface area (Å²) < 4.78 is 27.2. The van der Waals surface area contributed by atoms with Crippen molar-refractivity contribution < 1.29 is 13.7 Å². The van der Waals surface area contributed by atoms with Gasteiger partial charge in [0.25, 0.3) is 0 Å². The van der Waals surface area contributed by atoms with Gasteiger partial charge in [0.15, 0.2) is 6.29 Å². The van der Waals surface area contributed by atoms with Crippen LogP contribution in [0.2, 0.25) is 0 Å². The topological polar surface area (TPSA) is 47.6 Å². The molecule has 26 heavy (non-hydrogen) atoms. The molecule has 1 N–H and O–H groups in total. The van der Waals surface area contributed by atoms with Crippen molar-refractivity contribution in [3.05, 3.63) is 29.8 Å². The molecule has 4 nitrogen and oxygen atoms in total. The fourth-order valence-electron chi connectivity index (χ4n) is 2.72. The molecular formula is C20H33NO3S2. The van der Waals surface area contributed by atoms with Crippen LogP contribution in [-0.4, -0.2) is 33.7 Å². The summed E-state index contributed by atoms with van der Waals surface area (Å²) >= 11 is 1.85. The molecule has 2 atom stereocenters. The molecule has 0 aliphatic carbocycles. The number of hydrogen-bond acceptors (Lipinski definition) is 4. The SMILES string of the molecule is CC(C)Sc1ccccc1[C@H](CCC1OCCCO1)NS(=O)C(C)(C)C. The first-order valence-corrected chi connectivity index (χ1v) is 11.5. The molecule has 1 aliphatic rings. The molecule has 6 heteroatoms. The lowest BCUT2D eigenvalue weighted by Gasteiger charge is -2.28. The summed E-state index contributed by atoms with van der Waals surface area (Å²) in [6, 6.07) is 8.43. The van der Waals surface area contributed by atoms with E-state index in [-0.39, 0.29) is 17.1 Å². The average Bonchev–Trinajstić information content (AvgIpc) is 2.58. The maximum atomic E-state index is 12.8. The van der Waals surface area contributed by atoms with Gasteiger partial charge in [-0.25, -0.2) is 8.93 Å². The molecule has 0 radical (unpaired) electrons. The van der Waals surface area contributed by atoms with Crippen molar-refractivity contribution in [3.8, 4) is 0 Å². The first-order valence-electron chi connectivity index (χ1n) is 9.44. The van der Waals surface area contributed by atoms with Gasteiger partial charge >= 0.3 is 0 Å². The number of nitrogens with one attached hydrogen (secondary N) is 1. The highest BCUT2D eigenvalue weighted by Gasteiger charge is 2.26. The number of benzene rings is 1. The van der Waals surface area contributed by atoms with Crippen molar-refractivity contribution in [1.82, 2.24) is 4.72 Å². The molecular weight excluding hydrogens is 366 g/mol. The normalized spacial score (nSPS) is 18.8. The molecule has 2 rings (SSSR count). The molecule has 0 saturated carbocycles.